The Bertz CT molecular complexity index is 468. The number of alkyl halides is 3. The second kappa shape index (κ2) is 7.47. The predicted octanol–water partition coefficient (Wildman–Crippen LogP) is 3.04. The molecular formula is C14H21F3N2O. The Labute approximate surface area is 116 Å². The van der Waals surface area contributed by atoms with Crippen LogP contribution in [0.4, 0.5) is 13.2 Å². The normalized spacial score (nSPS) is 13.4. The smallest absolute Gasteiger partial charge is 0.315 e. The van der Waals surface area contributed by atoms with Crippen LogP contribution < -0.4 is 10.9 Å². The van der Waals surface area contributed by atoms with E-state index in [1.165, 1.54) is 0 Å². The zero-order valence-electron chi connectivity index (χ0n) is 11.8. The lowest BCUT2D eigenvalue weighted by Crippen LogP contribution is -2.29. The number of rotatable bonds is 7. The molecule has 0 saturated heterocycles. The van der Waals surface area contributed by atoms with E-state index in [-0.39, 0.29) is 0 Å². The van der Waals surface area contributed by atoms with Crippen LogP contribution in [0.5, 0.6) is 0 Å². The molecule has 1 unspecified atom stereocenters. The van der Waals surface area contributed by atoms with E-state index in [1.54, 1.807) is 0 Å². The summed E-state index contributed by atoms with van der Waals surface area (Å²) in [6, 6.07) is 2.15. The minimum Gasteiger partial charge on any atom is -0.315 e. The van der Waals surface area contributed by atoms with Gasteiger partial charge in [0, 0.05) is 24.8 Å². The van der Waals surface area contributed by atoms with Gasteiger partial charge in [0.25, 0.3) is 5.56 Å². The zero-order chi connectivity index (χ0) is 15.2. The van der Waals surface area contributed by atoms with Crippen LogP contribution in [0.25, 0.3) is 0 Å². The fourth-order valence-corrected chi connectivity index (χ4v) is 2.12. The Morgan fingerprint density at radius 1 is 1.30 bits per heavy atom. The highest BCUT2D eigenvalue weighted by Gasteiger charge is 2.30. The second-order valence-corrected chi connectivity index (χ2v) is 4.75. The number of halogens is 3. The van der Waals surface area contributed by atoms with Crippen molar-refractivity contribution >= 4 is 0 Å². The molecule has 0 fully saturated rings. The molecule has 0 saturated carbocycles. The zero-order valence-corrected chi connectivity index (χ0v) is 11.8. The van der Waals surface area contributed by atoms with Crippen molar-refractivity contribution in [2.75, 3.05) is 6.54 Å². The molecule has 0 aliphatic rings. The summed E-state index contributed by atoms with van der Waals surface area (Å²) in [6.45, 7) is 5.25. The summed E-state index contributed by atoms with van der Waals surface area (Å²) in [6.07, 6.45) is -1.03. The number of pyridine rings is 1. The predicted molar refractivity (Wildman–Crippen MR) is 72.7 cm³/mol. The van der Waals surface area contributed by atoms with Gasteiger partial charge in [0.2, 0.25) is 0 Å². The molecule has 0 aromatic carbocycles. The van der Waals surface area contributed by atoms with E-state index in [9.17, 15) is 18.0 Å². The number of nitrogens with one attached hydrogen (secondary N) is 1. The number of aromatic nitrogens is 1. The van der Waals surface area contributed by atoms with Crippen molar-refractivity contribution in [1.82, 2.24) is 9.88 Å². The van der Waals surface area contributed by atoms with Crippen molar-refractivity contribution in [2.24, 2.45) is 0 Å². The average molecular weight is 290 g/mol. The van der Waals surface area contributed by atoms with Gasteiger partial charge in [-0.2, -0.15) is 13.2 Å². The molecule has 1 aromatic rings. The Morgan fingerprint density at radius 2 is 2.00 bits per heavy atom. The number of nitrogens with zero attached hydrogens (tertiary/aromatic N) is 1. The van der Waals surface area contributed by atoms with E-state index in [4.69, 9.17) is 0 Å². The Balaban J connectivity index is 2.66. The highest BCUT2D eigenvalue weighted by molar-refractivity contribution is 5.13. The Hall–Kier alpha value is -1.30. The van der Waals surface area contributed by atoms with Gasteiger partial charge in [-0.05, 0) is 31.9 Å². The maximum atomic E-state index is 12.6. The van der Waals surface area contributed by atoms with Gasteiger partial charge in [-0.15, -0.1) is 0 Å². The minimum atomic E-state index is -4.41. The van der Waals surface area contributed by atoms with Crippen molar-refractivity contribution in [2.45, 2.75) is 51.9 Å². The number of hydrogen-bond acceptors (Lipinski definition) is 2. The van der Waals surface area contributed by atoms with Gasteiger partial charge in [-0.25, -0.2) is 0 Å². The second-order valence-electron chi connectivity index (χ2n) is 4.75. The van der Waals surface area contributed by atoms with Crippen molar-refractivity contribution in [3.63, 3.8) is 0 Å². The van der Waals surface area contributed by atoms with Gasteiger partial charge in [0.05, 0.1) is 5.56 Å². The lowest BCUT2D eigenvalue weighted by molar-refractivity contribution is -0.138. The maximum Gasteiger partial charge on any atom is 0.417 e. The Morgan fingerprint density at radius 3 is 2.55 bits per heavy atom. The monoisotopic (exact) mass is 290 g/mol. The topological polar surface area (TPSA) is 34.0 Å². The van der Waals surface area contributed by atoms with E-state index in [2.05, 4.69) is 12.2 Å². The summed E-state index contributed by atoms with van der Waals surface area (Å²) in [5.74, 6) is 0. The molecule has 3 nitrogen and oxygen atoms in total. The van der Waals surface area contributed by atoms with Gasteiger partial charge in [0.1, 0.15) is 0 Å². The molecule has 0 amide bonds. The molecule has 0 bridgehead atoms. The summed E-state index contributed by atoms with van der Waals surface area (Å²) in [5.41, 5.74) is -1.18. The molecular weight excluding hydrogens is 269 g/mol. The third-order valence-electron chi connectivity index (χ3n) is 3.25. The summed E-state index contributed by atoms with van der Waals surface area (Å²) in [4.78, 5) is 11.5. The quantitative estimate of drug-likeness (QED) is 0.837. The van der Waals surface area contributed by atoms with Crippen LogP contribution in [0, 0.1) is 0 Å². The van der Waals surface area contributed by atoms with Gasteiger partial charge >= 0.3 is 6.18 Å². The first kappa shape index (κ1) is 16.8. The van der Waals surface area contributed by atoms with E-state index in [0.29, 0.717) is 19.0 Å². The molecule has 114 valence electrons. The van der Waals surface area contributed by atoms with Crippen molar-refractivity contribution in [1.29, 1.82) is 0 Å². The van der Waals surface area contributed by atoms with Crippen LogP contribution in [-0.4, -0.2) is 17.2 Å². The Kier molecular flexibility index (Phi) is 6.26. The SMILES string of the molecule is CCNC(CC)CCCn1cc(C(F)(F)F)ccc1=O. The molecule has 1 heterocycles. The van der Waals surface area contributed by atoms with Crippen LogP contribution >= 0.6 is 0 Å². The van der Waals surface area contributed by atoms with Crippen LogP contribution in [0.2, 0.25) is 0 Å². The lowest BCUT2D eigenvalue weighted by atomic mass is 10.1. The van der Waals surface area contributed by atoms with Gasteiger partial charge in [-0.3, -0.25) is 4.79 Å². The van der Waals surface area contributed by atoms with E-state index < -0.39 is 17.3 Å². The highest BCUT2D eigenvalue weighted by atomic mass is 19.4. The molecule has 0 radical (unpaired) electrons. The van der Waals surface area contributed by atoms with Gasteiger partial charge in [-0.1, -0.05) is 13.8 Å². The van der Waals surface area contributed by atoms with Crippen molar-refractivity contribution in [3.05, 3.63) is 34.2 Å². The first-order valence-electron chi connectivity index (χ1n) is 6.89. The molecule has 0 aliphatic heterocycles. The largest absolute Gasteiger partial charge is 0.417 e. The first-order valence-corrected chi connectivity index (χ1v) is 6.89. The van der Waals surface area contributed by atoms with Gasteiger partial charge in [0.15, 0.2) is 0 Å². The summed E-state index contributed by atoms with van der Waals surface area (Å²) in [5, 5.41) is 3.30. The van der Waals surface area contributed by atoms with Crippen molar-refractivity contribution in [3.8, 4) is 0 Å². The first-order chi connectivity index (χ1) is 9.38. The summed E-state index contributed by atoms with van der Waals surface area (Å²) in [7, 11) is 0. The molecule has 1 rings (SSSR count). The molecule has 6 heteroatoms. The van der Waals surface area contributed by atoms with E-state index in [0.717, 1.165) is 42.3 Å². The minimum absolute atomic E-state index is 0.310. The third-order valence-corrected chi connectivity index (χ3v) is 3.25. The summed E-state index contributed by atoms with van der Waals surface area (Å²) < 4.78 is 38.9. The van der Waals surface area contributed by atoms with Crippen LogP contribution in [0.3, 0.4) is 0 Å². The molecule has 1 N–H and O–H groups in total. The molecule has 20 heavy (non-hydrogen) atoms. The molecule has 0 spiro atoms. The number of aryl methyl sites for hydroxylation is 1. The lowest BCUT2D eigenvalue weighted by Gasteiger charge is -2.16. The van der Waals surface area contributed by atoms with Crippen LogP contribution in [-0.2, 0) is 12.7 Å². The van der Waals surface area contributed by atoms with Gasteiger partial charge < -0.3 is 9.88 Å². The van der Waals surface area contributed by atoms with E-state index in [1.807, 2.05) is 6.92 Å². The third kappa shape index (κ3) is 5.00. The highest BCUT2D eigenvalue weighted by Crippen LogP contribution is 2.28. The van der Waals surface area contributed by atoms with Crippen molar-refractivity contribution < 1.29 is 13.2 Å². The fourth-order valence-electron chi connectivity index (χ4n) is 2.12. The van der Waals surface area contributed by atoms with E-state index >= 15 is 0 Å². The molecule has 1 atom stereocenters. The number of hydrogen-bond donors (Lipinski definition) is 1. The average Bonchev–Trinajstić information content (AvgIpc) is 2.38. The fraction of sp³-hybridized carbons (Fsp3) is 0.643. The summed E-state index contributed by atoms with van der Waals surface area (Å²) >= 11 is 0. The standard InChI is InChI=1S/C14H21F3N2O/c1-3-12(18-4-2)6-5-9-19-10-11(14(15,16)17)7-8-13(19)20/h7-8,10,12,18H,3-6,9H2,1-2H3. The van der Waals surface area contributed by atoms with Crippen LogP contribution in [0.1, 0.15) is 38.7 Å². The maximum absolute atomic E-state index is 12.6. The molecule has 0 aliphatic carbocycles. The van der Waals surface area contributed by atoms with Crippen LogP contribution in [0.15, 0.2) is 23.1 Å². The molecule has 1 aromatic heterocycles.